The number of carboxylic acid groups (broad SMARTS) is 1. The molecule has 19 heavy (non-hydrogen) atoms. The predicted molar refractivity (Wildman–Crippen MR) is 75.2 cm³/mol. The number of hydrogen-bond acceptors (Lipinski definition) is 5. The number of hydrogen-bond donors (Lipinski definition) is 2. The van der Waals surface area contributed by atoms with Gasteiger partial charge in [0.1, 0.15) is 6.54 Å². The largest absolute Gasteiger partial charge is 0.478 e. The quantitative estimate of drug-likeness (QED) is 0.639. The standard InChI is InChI=1S/C10H11NO4S.C3H8/c1-15-9(12)6-11-16-8-4-2-7(3-5-8)10(13)14;1-3-2/h2-5,11H,6H2,1H3,(H,13,14);3H2,1-2H3. The highest BCUT2D eigenvalue weighted by atomic mass is 32.2. The van der Waals surface area contributed by atoms with Crippen molar-refractivity contribution in [2.75, 3.05) is 13.7 Å². The molecular weight excluding hydrogens is 266 g/mol. The van der Waals surface area contributed by atoms with E-state index in [9.17, 15) is 9.59 Å². The van der Waals surface area contributed by atoms with Gasteiger partial charge in [0.15, 0.2) is 0 Å². The number of methoxy groups -OCH3 is 1. The van der Waals surface area contributed by atoms with Crippen LogP contribution in [0.5, 0.6) is 0 Å². The first-order valence-electron chi connectivity index (χ1n) is 5.85. The van der Waals surface area contributed by atoms with E-state index in [1.807, 2.05) is 0 Å². The van der Waals surface area contributed by atoms with Crippen LogP contribution in [-0.4, -0.2) is 30.7 Å². The second kappa shape index (κ2) is 10.4. The lowest BCUT2D eigenvalue weighted by atomic mass is 10.2. The summed E-state index contributed by atoms with van der Waals surface area (Å²) in [5.41, 5.74) is 0.234. The summed E-state index contributed by atoms with van der Waals surface area (Å²) >= 11 is 1.24. The second-order valence-electron chi connectivity index (χ2n) is 3.54. The second-order valence-corrected chi connectivity index (χ2v) is 4.50. The van der Waals surface area contributed by atoms with Crippen LogP contribution in [0.4, 0.5) is 0 Å². The van der Waals surface area contributed by atoms with Crippen molar-refractivity contribution in [2.24, 2.45) is 0 Å². The highest BCUT2D eigenvalue weighted by Crippen LogP contribution is 2.14. The van der Waals surface area contributed by atoms with E-state index in [4.69, 9.17) is 5.11 Å². The van der Waals surface area contributed by atoms with Crippen LogP contribution in [0.15, 0.2) is 29.2 Å². The van der Waals surface area contributed by atoms with Crippen LogP contribution in [0, 0.1) is 0 Å². The van der Waals surface area contributed by atoms with Crippen molar-refractivity contribution in [3.05, 3.63) is 29.8 Å². The minimum Gasteiger partial charge on any atom is -0.478 e. The van der Waals surface area contributed by atoms with Crippen LogP contribution < -0.4 is 4.72 Å². The number of rotatable bonds is 5. The van der Waals surface area contributed by atoms with Gasteiger partial charge >= 0.3 is 11.9 Å². The van der Waals surface area contributed by atoms with E-state index in [2.05, 4.69) is 23.3 Å². The van der Waals surface area contributed by atoms with Gasteiger partial charge in [-0.25, -0.2) is 9.52 Å². The Bertz CT molecular complexity index is 392. The summed E-state index contributed by atoms with van der Waals surface area (Å²) in [6.45, 7) is 4.35. The van der Waals surface area contributed by atoms with Crippen molar-refractivity contribution >= 4 is 23.9 Å². The molecule has 106 valence electrons. The Balaban J connectivity index is 0.000000982. The maximum absolute atomic E-state index is 10.8. The molecule has 0 fully saturated rings. The van der Waals surface area contributed by atoms with Crippen LogP contribution >= 0.6 is 11.9 Å². The molecule has 1 aromatic carbocycles. The highest BCUT2D eigenvalue weighted by molar-refractivity contribution is 7.97. The van der Waals surface area contributed by atoms with Crippen LogP contribution in [0.2, 0.25) is 0 Å². The minimum absolute atomic E-state index is 0.0991. The molecule has 0 unspecified atom stereocenters. The topological polar surface area (TPSA) is 75.6 Å². The molecule has 0 heterocycles. The van der Waals surface area contributed by atoms with Crippen molar-refractivity contribution in [1.82, 2.24) is 4.72 Å². The Labute approximate surface area is 117 Å². The third-order valence-corrected chi connectivity index (χ3v) is 2.53. The zero-order valence-electron chi connectivity index (χ0n) is 11.3. The molecule has 2 N–H and O–H groups in total. The molecule has 0 aliphatic carbocycles. The van der Waals surface area contributed by atoms with E-state index < -0.39 is 5.97 Å². The summed E-state index contributed by atoms with van der Waals surface area (Å²) in [6.07, 6.45) is 1.25. The van der Waals surface area contributed by atoms with Gasteiger partial charge in [0, 0.05) is 4.90 Å². The molecule has 1 aromatic rings. The Morgan fingerprint density at radius 3 is 2.21 bits per heavy atom. The first kappa shape index (κ1) is 17.5. The van der Waals surface area contributed by atoms with Crippen molar-refractivity contribution in [3.8, 4) is 0 Å². The van der Waals surface area contributed by atoms with Gasteiger partial charge in [-0.3, -0.25) is 4.79 Å². The van der Waals surface area contributed by atoms with Gasteiger partial charge in [-0.1, -0.05) is 20.3 Å². The lowest BCUT2D eigenvalue weighted by Gasteiger charge is -2.02. The van der Waals surface area contributed by atoms with Crippen LogP contribution in [-0.2, 0) is 9.53 Å². The van der Waals surface area contributed by atoms with E-state index in [1.54, 1.807) is 12.1 Å². The van der Waals surface area contributed by atoms with Crippen molar-refractivity contribution in [1.29, 1.82) is 0 Å². The van der Waals surface area contributed by atoms with Crippen LogP contribution in [0.1, 0.15) is 30.6 Å². The maximum Gasteiger partial charge on any atom is 0.335 e. The molecular formula is C13H19NO4S. The Hall–Kier alpha value is -1.53. The molecule has 0 radical (unpaired) electrons. The zero-order chi connectivity index (χ0) is 14.7. The number of esters is 1. The molecule has 0 bridgehead atoms. The van der Waals surface area contributed by atoms with E-state index in [0.717, 1.165) is 4.90 Å². The molecule has 1 rings (SSSR count). The number of carboxylic acids is 1. The molecule has 0 aliphatic heterocycles. The average molecular weight is 285 g/mol. The van der Waals surface area contributed by atoms with Gasteiger partial charge in [0.05, 0.1) is 12.7 Å². The lowest BCUT2D eigenvalue weighted by molar-refractivity contribution is -0.139. The average Bonchev–Trinajstić information content (AvgIpc) is 2.40. The van der Waals surface area contributed by atoms with E-state index in [1.165, 1.54) is 37.6 Å². The fraction of sp³-hybridized carbons (Fsp3) is 0.385. The van der Waals surface area contributed by atoms with Crippen molar-refractivity contribution in [2.45, 2.75) is 25.2 Å². The molecule has 5 nitrogen and oxygen atoms in total. The summed E-state index contributed by atoms with van der Waals surface area (Å²) in [4.78, 5) is 22.2. The third kappa shape index (κ3) is 8.23. The van der Waals surface area contributed by atoms with E-state index in [0.29, 0.717) is 0 Å². The maximum atomic E-state index is 10.8. The molecule has 0 amide bonds. The Morgan fingerprint density at radius 1 is 1.26 bits per heavy atom. The van der Waals surface area contributed by atoms with Gasteiger partial charge in [-0.15, -0.1) is 0 Å². The number of carbonyl (C=O) groups is 2. The van der Waals surface area contributed by atoms with E-state index >= 15 is 0 Å². The van der Waals surface area contributed by atoms with Crippen molar-refractivity contribution < 1.29 is 19.4 Å². The Kier molecular flexibility index (Phi) is 9.56. The molecule has 0 saturated carbocycles. The van der Waals surface area contributed by atoms with Crippen LogP contribution in [0.3, 0.4) is 0 Å². The third-order valence-electron chi connectivity index (χ3n) is 1.74. The summed E-state index contributed by atoms with van der Waals surface area (Å²) in [5, 5.41) is 8.67. The summed E-state index contributed by atoms with van der Waals surface area (Å²) in [5.74, 6) is -1.31. The zero-order valence-corrected chi connectivity index (χ0v) is 12.1. The predicted octanol–water partition coefficient (Wildman–Crippen LogP) is 2.57. The molecule has 0 saturated heterocycles. The minimum atomic E-state index is -0.959. The monoisotopic (exact) mass is 285 g/mol. The molecule has 6 heteroatoms. The highest BCUT2D eigenvalue weighted by Gasteiger charge is 2.03. The molecule has 0 atom stereocenters. The van der Waals surface area contributed by atoms with E-state index in [-0.39, 0.29) is 18.1 Å². The summed E-state index contributed by atoms with van der Waals surface area (Å²) < 4.78 is 7.24. The molecule has 0 spiro atoms. The van der Waals surface area contributed by atoms with Gasteiger partial charge in [0.25, 0.3) is 0 Å². The first-order chi connectivity index (χ1) is 9.04. The number of nitrogens with one attached hydrogen (secondary N) is 1. The number of ether oxygens (including phenoxy) is 1. The SMILES string of the molecule is CCC.COC(=O)CNSc1ccc(C(=O)O)cc1. The normalized spacial score (nSPS) is 9.21. The smallest absolute Gasteiger partial charge is 0.335 e. The number of aromatic carboxylic acids is 1. The summed E-state index contributed by atoms with van der Waals surface area (Å²) in [7, 11) is 1.32. The summed E-state index contributed by atoms with van der Waals surface area (Å²) in [6, 6.07) is 6.34. The van der Waals surface area contributed by atoms with Gasteiger partial charge < -0.3 is 9.84 Å². The fourth-order valence-electron chi connectivity index (χ4n) is 0.916. The first-order valence-corrected chi connectivity index (χ1v) is 6.66. The lowest BCUT2D eigenvalue weighted by Crippen LogP contribution is -2.17. The Morgan fingerprint density at radius 2 is 1.79 bits per heavy atom. The van der Waals surface area contributed by atoms with Gasteiger partial charge in [-0.05, 0) is 36.2 Å². The fourth-order valence-corrected chi connectivity index (χ4v) is 1.54. The van der Waals surface area contributed by atoms with Crippen molar-refractivity contribution in [3.63, 3.8) is 0 Å². The van der Waals surface area contributed by atoms with Gasteiger partial charge in [0.2, 0.25) is 0 Å². The number of benzene rings is 1. The van der Waals surface area contributed by atoms with Gasteiger partial charge in [-0.2, -0.15) is 0 Å². The molecule has 0 aliphatic rings. The van der Waals surface area contributed by atoms with Crippen LogP contribution in [0.25, 0.3) is 0 Å². The molecule has 0 aromatic heterocycles. The number of carbonyl (C=O) groups excluding carboxylic acids is 1.